The van der Waals surface area contributed by atoms with Crippen molar-refractivity contribution in [1.82, 2.24) is 5.32 Å². The summed E-state index contributed by atoms with van der Waals surface area (Å²) in [6.07, 6.45) is 3.62. The third kappa shape index (κ3) is 5.29. The van der Waals surface area contributed by atoms with E-state index in [-0.39, 0.29) is 22.6 Å². The number of carbonyl (C=O) groups excluding carboxylic acids is 3. The maximum Gasteiger partial charge on any atom is 0.338 e. The van der Waals surface area contributed by atoms with Crippen molar-refractivity contribution in [2.75, 3.05) is 11.9 Å². The van der Waals surface area contributed by atoms with Gasteiger partial charge in [-0.15, -0.1) is 0 Å². The fourth-order valence-corrected chi connectivity index (χ4v) is 3.13. The van der Waals surface area contributed by atoms with Gasteiger partial charge in [0.1, 0.15) is 5.76 Å². The molecule has 1 amide bonds. The molecule has 0 spiro atoms. The molecule has 2 N–H and O–H groups in total. The van der Waals surface area contributed by atoms with Crippen molar-refractivity contribution < 1.29 is 23.5 Å². The van der Waals surface area contributed by atoms with E-state index in [4.69, 9.17) is 21.4 Å². The molecule has 0 unspecified atom stereocenters. The quantitative estimate of drug-likeness (QED) is 0.420. The summed E-state index contributed by atoms with van der Waals surface area (Å²) in [6, 6.07) is 8.03. The number of fused-ring (bicyclic) bond motifs is 1. The van der Waals surface area contributed by atoms with Crippen LogP contribution >= 0.6 is 12.2 Å². The Morgan fingerprint density at radius 2 is 1.97 bits per heavy atom. The summed E-state index contributed by atoms with van der Waals surface area (Å²) >= 11 is 5.16. The molecular weight excluding hydrogens is 392 g/mol. The smallest absolute Gasteiger partial charge is 0.338 e. The molecule has 1 aliphatic rings. The molecular formula is C21H22N2O5S. The van der Waals surface area contributed by atoms with E-state index < -0.39 is 5.91 Å². The van der Waals surface area contributed by atoms with Gasteiger partial charge < -0.3 is 14.5 Å². The lowest BCUT2D eigenvalue weighted by molar-refractivity contribution is 0.0499. The molecule has 0 bridgehead atoms. The first-order valence-electron chi connectivity index (χ1n) is 9.53. The number of unbranched alkanes of at least 4 members (excludes halogenated alkanes) is 1. The normalized spacial score (nSPS) is 12.8. The highest BCUT2D eigenvalue weighted by atomic mass is 32.1. The number of benzene rings is 1. The highest BCUT2D eigenvalue weighted by Crippen LogP contribution is 2.24. The van der Waals surface area contributed by atoms with Crippen molar-refractivity contribution in [3.63, 3.8) is 0 Å². The maximum absolute atomic E-state index is 12.3. The van der Waals surface area contributed by atoms with Gasteiger partial charge in [0.25, 0.3) is 5.91 Å². The largest absolute Gasteiger partial charge is 0.462 e. The zero-order valence-corrected chi connectivity index (χ0v) is 16.9. The molecule has 1 aliphatic carbocycles. The lowest BCUT2D eigenvalue weighted by Gasteiger charge is -2.09. The van der Waals surface area contributed by atoms with E-state index in [0.29, 0.717) is 42.0 Å². The van der Waals surface area contributed by atoms with Gasteiger partial charge in [-0.25, -0.2) is 4.79 Å². The molecule has 0 saturated heterocycles. The third-order valence-corrected chi connectivity index (χ3v) is 4.68. The fraction of sp³-hybridized carbons (Fsp3) is 0.333. The summed E-state index contributed by atoms with van der Waals surface area (Å²) in [5.74, 6) is -0.313. The summed E-state index contributed by atoms with van der Waals surface area (Å²) in [6.45, 7) is 2.42. The monoisotopic (exact) mass is 414 g/mol. The molecule has 152 valence electrons. The number of hydrogen-bond acceptors (Lipinski definition) is 6. The molecule has 0 radical (unpaired) electrons. The number of aryl methyl sites for hydroxylation is 1. The predicted molar refractivity (Wildman–Crippen MR) is 111 cm³/mol. The first-order valence-corrected chi connectivity index (χ1v) is 9.94. The number of furan rings is 1. The van der Waals surface area contributed by atoms with E-state index in [1.54, 1.807) is 24.3 Å². The van der Waals surface area contributed by atoms with Crippen molar-refractivity contribution in [3.05, 3.63) is 53.0 Å². The topological polar surface area (TPSA) is 97.6 Å². The molecule has 2 aromatic rings. The van der Waals surface area contributed by atoms with Gasteiger partial charge in [0.15, 0.2) is 16.7 Å². The number of amides is 1. The molecule has 8 heteroatoms. The van der Waals surface area contributed by atoms with Crippen LogP contribution in [0.25, 0.3) is 0 Å². The van der Waals surface area contributed by atoms with E-state index in [0.717, 1.165) is 19.3 Å². The van der Waals surface area contributed by atoms with Gasteiger partial charge in [0, 0.05) is 24.6 Å². The Balaban J connectivity index is 1.54. The Morgan fingerprint density at radius 3 is 2.66 bits per heavy atom. The Labute approximate surface area is 173 Å². The van der Waals surface area contributed by atoms with Gasteiger partial charge in [-0.1, -0.05) is 13.3 Å². The number of esters is 1. The number of carbonyl (C=O) groups is 3. The van der Waals surface area contributed by atoms with Gasteiger partial charge >= 0.3 is 5.97 Å². The van der Waals surface area contributed by atoms with Crippen LogP contribution < -0.4 is 10.6 Å². The van der Waals surface area contributed by atoms with E-state index in [2.05, 4.69) is 10.6 Å². The summed E-state index contributed by atoms with van der Waals surface area (Å²) in [7, 11) is 0. The van der Waals surface area contributed by atoms with Crippen LogP contribution in [0.15, 0.2) is 34.7 Å². The van der Waals surface area contributed by atoms with Crippen LogP contribution in [0.5, 0.6) is 0 Å². The molecule has 0 fully saturated rings. The van der Waals surface area contributed by atoms with Crippen LogP contribution in [-0.4, -0.2) is 29.4 Å². The Kier molecular flexibility index (Phi) is 6.77. The van der Waals surface area contributed by atoms with Crippen LogP contribution in [0.1, 0.15) is 69.6 Å². The number of anilines is 1. The van der Waals surface area contributed by atoms with E-state index >= 15 is 0 Å². The van der Waals surface area contributed by atoms with E-state index in [1.165, 1.54) is 6.07 Å². The maximum atomic E-state index is 12.3. The summed E-state index contributed by atoms with van der Waals surface area (Å²) < 4.78 is 10.7. The molecule has 0 aliphatic heterocycles. The second kappa shape index (κ2) is 9.47. The highest BCUT2D eigenvalue weighted by molar-refractivity contribution is 7.80. The molecule has 1 aromatic carbocycles. The van der Waals surface area contributed by atoms with Crippen molar-refractivity contribution in [1.29, 1.82) is 0 Å². The lowest BCUT2D eigenvalue weighted by atomic mass is 9.97. The van der Waals surface area contributed by atoms with Gasteiger partial charge in [0.2, 0.25) is 0 Å². The number of ether oxygens (including phenoxy) is 1. The Hall–Kier alpha value is -3.00. The van der Waals surface area contributed by atoms with Crippen LogP contribution in [0.4, 0.5) is 5.69 Å². The van der Waals surface area contributed by atoms with Crippen molar-refractivity contribution in [3.8, 4) is 0 Å². The molecule has 29 heavy (non-hydrogen) atoms. The molecule has 3 rings (SSSR count). The highest BCUT2D eigenvalue weighted by Gasteiger charge is 2.24. The van der Waals surface area contributed by atoms with Gasteiger partial charge in [-0.05, 0) is 49.3 Å². The molecule has 1 aromatic heterocycles. The number of nitrogens with one attached hydrogen (secondary N) is 2. The van der Waals surface area contributed by atoms with Crippen LogP contribution in [0, 0.1) is 0 Å². The van der Waals surface area contributed by atoms with Gasteiger partial charge in [-0.2, -0.15) is 0 Å². The molecule has 0 saturated carbocycles. The zero-order chi connectivity index (χ0) is 20.8. The summed E-state index contributed by atoms with van der Waals surface area (Å²) in [4.78, 5) is 36.1. The first kappa shape index (κ1) is 20.7. The van der Waals surface area contributed by atoms with Crippen LogP contribution in [0.3, 0.4) is 0 Å². The fourth-order valence-electron chi connectivity index (χ4n) is 2.92. The Bertz CT molecular complexity index is 933. The minimum absolute atomic E-state index is 0.0111. The zero-order valence-electron chi connectivity index (χ0n) is 16.1. The number of thiocarbonyl (C=S) groups is 1. The molecule has 0 atom stereocenters. The van der Waals surface area contributed by atoms with Crippen LogP contribution in [0.2, 0.25) is 0 Å². The number of Topliss-reactive ketones (excluding diaryl/α,β-unsaturated/α-hetero) is 1. The second-order valence-corrected chi connectivity index (χ2v) is 7.11. The summed E-state index contributed by atoms with van der Waals surface area (Å²) in [5.41, 5.74) is 1.52. The number of ketones is 1. The number of hydrogen-bond donors (Lipinski definition) is 2. The van der Waals surface area contributed by atoms with Crippen molar-refractivity contribution in [2.24, 2.45) is 0 Å². The van der Waals surface area contributed by atoms with Crippen molar-refractivity contribution >= 4 is 40.7 Å². The van der Waals surface area contributed by atoms with Gasteiger partial charge in [-0.3, -0.25) is 14.9 Å². The third-order valence-electron chi connectivity index (χ3n) is 4.48. The predicted octanol–water partition coefficient (Wildman–Crippen LogP) is 3.88. The average Bonchev–Trinajstić information content (AvgIpc) is 3.14. The van der Waals surface area contributed by atoms with E-state index in [9.17, 15) is 14.4 Å². The SMILES string of the molecule is CCCCOC(=O)c1ccc(NC(=S)NC(=O)c2cc3c(o2)CCCC3=O)cc1. The van der Waals surface area contributed by atoms with Crippen molar-refractivity contribution in [2.45, 2.75) is 39.0 Å². The summed E-state index contributed by atoms with van der Waals surface area (Å²) in [5, 5.41) is 5.47. The standard InChI is InChI=1S/C21H22N2O5S/c1-2-3-11-27-20(26)13-7-9-14(10-8-13)22-21(29)23-19(25)18-12-15-16(24)5-4-6-17(15)28-18/h7-10,12H,2-6,11H2,1H3,(H2,22,23,25,29). The molecule has 7 nitrogen and oxygen atoms in total. The number of rotatable bonds is 6. The Morgan fingerprint density at radius 1 is 1.21 bits per heavy atom. The second-order valence-electron chi connectivity index (χ2n) is 6.70. The first-order chi connectivity index (χ1) is 14.0. The van der Waals surface area contributed by atoms with Crippen LogP contribution in [-0.2, 0) is 11.2 Å². The lowest BCUT2D eigenvalue weighted by Crippen LogP contribution is -2.33. The van der Waals surface area contributed by atoms with E-state index in [1.807, 2.05) is 6.92 Å². The van der Waals surface area contributed by atoms with Gasteiger partial charge in [0.05, 0.1) is 17.7 Å². The molecule has 1 heterocycles. The minimum Gasteiger partial charge on any atom is -0.462 e. The average molecular weight is 414 g/mol. The minimum atomic E-state index is -0.527.